The Morgan fingerprint density at radius 2 is 2.39 bits per heavy atom. The molecule has 0 aromatic carbocycles. The van der Waals surface area contributed by atoms with Crippen LogP contribution in [0.4, 0.5) is 5.00 Å². The van der Waals surface area contributed by atoms with Crippen LogP contribution in [0.25, 0.3) is 0 Å². The van der Waals surface area contributed by atoms with Crippen molar-refractivity contribution in [2.45, 2.75) is 32.4 Å². The van der Waals surface area contributed by atoms with Gasteiger partial charge in [-0.1, -0.05) is 11.3 Å². The van der Waals surface area contributed by atoms with Crippen LogP contribution in [0, 0.1) is 16.0 Å². The van der Waals surface area contributed by atoms with Gasteiger partial charge in [0.1, 0.15) is 0 Å². The molecule has 100 valence electrons. The molecule has 0 amide bonds. The van der Waals surface area contributed by atoms with Gasteiger partial charge in [0.15, 0.2) is 0 Å². The lowest BCUT2D eigenvalue weighted by Gasteiger charge is -2.37. The fraction of sp³-hybridized carbons (Fsp3) is 0.667. The van der Waals surface area contributed by atoms with Crippen LogP contribution < -0.4 is 0 Å². The highest BCUT2D eigenvalue weighted by Gasteiger charge is 2.25. The zero-order valence-electron chi connectivity index (χ0n) is 10.4. The molecule has 1 N–H and O–H groups in total. The van der Waals surface area contributed by atoms with Crippen molar-refractivity contribution in [2.75, 3.05) is 13.2 Å². The maximum Gasteiger partial charge on any atom is 0.324 e. The normalized spacial score (nSPS) is 25.2. The minimum Gasteiger partial charge on any atom is -0.396 e. The van der Waals surface area contributed by atoms with Gasteiger partial charge in [0, 0.05) is 37.2 Å². The second-order valence-corrected chi connectivity index (χ2v) is 5.84. The summed E-state index contributed by atoms with van der Waals surface area (Å²) in [6, 6.07) is 2.13. The first-order valence-corrected chi connectivity index (χ1v) is 7.05. The van der Waals surface area contributed by atoms with Gasteiger partial charge in [-0.05, 0) is 31.2 Å². The molecule has 1 fully saturated rings. The fourth-order valence-electron chi connectivity index (χ4n) is 2.41. The molecule has 0 radical (unpaired) electrons. The molecular formula is C12H18N2O3S. The summed E-state index contributed by atoms with van der Waals surface area (Å²) in [5, 5.41) is 21.9. The molecule has 0 spiro atoms. The third-order valence-electron chi connectivity index (χ3n) is 3.57. The number of hydrogen-bond acceptors (Lipinski definition) is 5. The molecule has 5 nitrogen and oxygen atoms in total. The zero-order chi connectivity index (χ0) is 13.1. The number of rotatable bonds is 4. The number of thiophene rings is 1. The number of aliphatic hydroxyl groups excluding tert-OH is 1. The third-order valence-corrected chi connectivity index (χ3v) is 4.50. The first-order chi connectivity index (χ1) is 8.60. The zero-order valence-corrected chi connectivity index (χ0v) is 11.2. The second kappa shape index (κ2) is 5.77. The quantitative estimate of drug-likeness (QED) is 0.673. The van der Waals surface area contributed by atoms with Gasteiger partial charge in [-0.3, -0.25) is 15.0 Å². The second-order valence-electron chi connectivity index (χ2n) is 4.95. The monoisotopic (exact) mass is 270 g/mol. The van der Waals surface area contributed by atoms with Crippen LogP contribution >= 0.6 is 11.3 Å². The summed E-state index contributed by atoms with van der Waals surface area (Å²) in [6.07, 6.45) is 2.15. The van der Waals surface area contributed by atoms with E-state index in [1.54, 1.807) is 6.07 Å². The highest BCUT2D eigenvalue weighted by atomic mass is 32.1. The van der Waals surface area contributed by atoms with Crippen LogP contribution in [0.2, 0.25) is 0 Å². The molecule has 1 aliphatic rings. The number of piperidine rings is 1. The number of nitro groups is 1. The van der Waals surface area contributed by atoms with E-state index in [0.717, 1.165) is 31.5 Å². The molecular weight excluding hydrogens is 252 g/mol. The van der Waals surface area contributed by atoms with Crippen molar-refractivity contribution in [3.63, 3.8) is 0 Å². The van der Waals surface area contributed by atoms with E-state index >= 15 is 0 Å². The van der Waals surface area contributed by atoms with E-state index in [9.17, 15) is 15.2 Å². The van der Waals surface area contributed by atoms with Crippen LogP contribution in [0.15, 0.2) is 11.4 Å². The summed E-state index contributed by atoms with van der Waals surface area (Å²) < 4.78 is 0. The molecule has 0 saturated carbocycles. The van der Waals surface area contributed by atoms with E-state index in [0.29, 0.717) is 12.0 Å². The van der Waals surface area contributed by atoms with Gasteiger partial charge in [0.25, 0.3) is 0 Å². The highest BCUT2D eigenvalue weighted by Crippen LogP contribution is 2.27. The van der Waals surface area contributed by atoms with Gasteiger partial charge < -0.3 is 5.11 Å². The van der Waals surface area contributed by atoms with Crippen molar-refractivity contribution in [1.82, 2.24) is 4.90 Å². The SMILES string of the molecule is CC1CCC(CO)CN1Cc1csc([N+](=O)[O-])c1. The Bertz CT molecular complexity index is 421. The molecule has 6 heteroatoms. The molecule has 1 aromatic heterocycles. The van der Waals surface area contributed by atoms with Crippen molar-refractivity contribution in [3.05, 3.63) is 27.1 Å². The predicted molar refractivity (Wildman–Crippen MR) is 70.7 cm³/mol. The van der Waals surface area contributed by atoms with Crippen molar-refractivity contribution in [1.29, 1.82) is 0 Å². The van der Waals surface area contributed by atoms with Gasteiger partial charge in [-0.25, -0.2) is 0 Å². The van der Waals surface area contributed by atoms with Gasteiger partial charge in [-0.2, -0.15) is 0 Å². The predicted octanol–water partition coefficient (Wildman–Crippen LogP) is 2.25. The lowest BCUT2D eigenvalue weighted by molar-refractivity contribution is -0.380. The van der Waals surface area contributed by atoms with Gasteiger partial charge in [-0.15, -0.1) is 0 Å². The van der Waals surface area contributed by atoms with E-state index in [1.165, 1.54) is 11.3 Å². The largest absolute Gasteiger partial charge is 0.396 e. The van der Waals surface area contributed by atoms with Crippen molar-refractivity contribution in [3.8, 4) is 0 Å². The number of nitrogens with zero attached hydrogens (tertiary/aromatic N) is 2. The van der Waals surface area contributed by atoms with Gasteiger partial charge in [0.05, 0.1) is 4.92 Å². The van der Waals surface area contributed by atoms with Crippen molar-refractivity contribution >= 4 is 16.3 Å². The minimum absolute atomic E-state index is 0.202. The number of aliphatic hydroxyl groups is 1. The Labute approximate surface area is 110 Å². The molecule has 0 bridgehead atoms. The summed E-state index contributed by atoms with van der Waals surface area (Å²) >= 11 is 1.18. The fourth-order valence-corrected chi connectivity index (χ4v) is 3.13. The topological polar surface area (TPSA) is 66.6 Å². The lowest BCUT2D eigenvalue weighted by atomic mass is 9.94. The summed E-state index contributed by atoms with van der Waals surface area (Å²) in [7, 11) is 0. The maximum atomic E-state index is 10.6. The Morgan fingerprint density at radius 1 is 1.61 bits per heavy atom. The Hall–Kier alpha value is -0.980. The van der Waals surface area contributed by atoms with Gasteiger partial charge in [0.2, 0.25) is 0 Å². The summed E-state index contributed by atoms with van der Waals surface area (Å²) in [6.45, 7) is 4.02. The molecule has 0 aliphatic carbocycles. The molecule has 1 saturated heterocycles. The Morgan fingerprint density at radius 3 is 3.00 bits per heavy atom. The van der Waals surface area contributed by atoms with Crippen LogP contribution in [-0.4, -0.2) is 34.1 Å². The molecule has 2 rings (SSSR count). The summed E-state index contributed by atoms with van der Waals surface area (Å²) in [4.78, 5) is 12.6. The van der Waals surface area contributed by atoms with Crippen LogP contribution in [-0.2, 0) is 6.54 Å². The van der Waals surface area contributed by atoms with E-state index in [2.05, 4.69) is 11.8 Å². The first-order valence-electron chi connectivity index (χ1n) is 6.17. The van der Waals surface area contributed by atoms with Crippen LogP contribution in [0.1, 0.15) is 25.3 Å². The van der Waals surface area contributed by atoms with E-state index in [4.69, 9.17) is 0 Å². The average molecular weight is 270 g/mol. The van der Waals surface area contributed by atoms with E-state index < -0.39 is 0 Å². The average Bonchev–Trinajstić information content (AvgIpc) is 2.81. The summed E-state index contributed by atoms with van der Waals surface area (Å²) in [5.74, 6) is 0.342. The molecule has 18 heavy (non-hydrogen) atoms. The highest BCUT2D eigenvalue weighted by molar-refractivity contribution is 7.13. The van der Waals surface area contributed by atoms with Crippen molar-refractivity contribution in [2.24, 2.45) is 5.92 Å². The smallest absolute Gasteiger partial charge is 0.324 e. The van der Waals surface area contributed by atoms with E-state index in [-0.39, 0.29) is 16.5 Å². The Kier molecular flexibility index (Phi) is 4.31. The summed E-state index contributed by atoms with van der Waals surface area (Å²) in [5.41, 5.74) is 0.997. The molecule has 2 heterocycles. The molecule has 1 aliphatic heterocycles. The Balaban J connectivity index is 2.00. The van der Waals surface area contributed by atoms with E-state index in [1.807, 2.05) is 5.38 Å². The third kappa shape index (κ3) is 3.07. The first kappa shape index (κ1) is 13.5. The minimum atomic E-state index is -0.343. The number of hydrogen-bond donors (Lipinski definition) is 1. The van der Waals surface area contributed by atoms with Crippen molar-refractivity contribution < 1.29 is 10.0 Å². The maximum absolute atomic E-state index is 10.6. The number of likely N-dealkylation sites (tertiary alicyclic amines) is 1. The molecule has 2 atom stereocenters. The molecule has 1 aromatic rings. The van der Waals surface area contributed by atoms with Crippen LogP contribution in [0.3, 0.4) is 0 Å². The van der Waals surface area contributed by atoms with Crippen LogP contribution in [0.5, 0.6) is 0 Å². The molecule has 2 unspecified atom stereocenters. The van der Waals surface area contributed by atoms with Gasteiger partial charge >= 0.3 is 5.00 Å². The standard InChI is InChI=1S/C12H18N2O3S/c1-9-2-3-10(7-15)5-13(9)6-11-4-12(14(16)17)18-8-11/h4,8-10,15H,2-3,5-7H2,1H3. The lowest BCUT2D eigenvalue weighted by Crippen LogP contribution is -2.42.